The summed E-state index contributed by atoms with van der Waals surface area (Å²) in [7, 11) is 0. The standard InChI is InChI=1S/C12H13N5O2/c1-2-13-10-7-8(5-6-14-10)12(19)15-9-3-4-11(18)17-16-9/h3-7H,2H2,1H3,(H,13,14)(H,17,18)(H,15,16,19). The molecule has 0 aliphatic heterocycles. The van der Waals surface area contributed by atoms with Crippen molar-refractivity contribution < 1.29 is 4.79 Å². The summed E-state index contributed by atoms with van der Waals surface area (Å²) in [5, 5.41) is 11.5. The molecular formula is C12H13N5O2. The number of nitrogens with one attached hydrogen (secondary N) is 3. The monoisotopic (exact) mass is 259 g/mol. The molecule has 0 saturated heterocycles. The Bertz CT molecular complexity index is 618. The van der Waals surface area contributed by atoms with Gasteiger partial charge < -0.3 is 10.6 Å². The minimum absolute atomic E-state index is 0.284. The summed E-state index contributed by atoms with van der Waals surface area (Å²) in [5.74, 6) is 0.595. The first kappa shape index (κ1) is 12.7. The van der Waals surface area contributed by atoms with E-state index in [1.807, 2.05) is 6.92 Å². The molecule has 19 heavy (non-hydrogen) atoms. The molecule has 0 fully saturated rings. The number of hydrogen-bond acceptors (Lipinski definition) is 5. The molecular weight excluding hydrogens is 246 g/mol. The van der Waals surface area contributed by atoms with E-state index in [0.29, 0.717) is 11.4 Å². The van der Waals surface area contributed by atoms with E-state index in [1.165, 1.54) is 12.1 Å². The van der Waals surface area contributed by atoms with Gasteiger partial charge in [0.05, 0.1) is 0 Å². The number of nitrogens with zero attached hydrogens (tertiary/aromatic N) is 2. The predicted molar refractivity (Wildman–Crippen MR) is 71.2 cm³/mol. The molecule has 98 valence electrons. The van der Waals surface area contributed by atoms with Crippen LogP contribution in [0.25, 0.3) is 0 Å². The molecule has 1 amide bonds. The van der Waals surface area contributed by atoms with Crippen molar-refractivity contribution in [3.05, 3.63) is 46.4 Å². The summed E-state index contributed by atoms with van der Waals surface area (Å²) in [5.41, 5.74) is 0.135. The number of anilines is 2. The number of aromatic nitrogens is 3. The Morgan fingerprint density at radius 3 is 2.84 bits per heavy atom. The van der Waals surface area contributed by atoms with Crippen LogP contribution in [0, 0.1) is 0 Å². The van der Waals surface area contributed by atoms with Gasteiger partial charge in [0.15, 0.2) is 5.82 Å². The Balaban J connectivity index is 2.13. The normalized spacial score (nSPS) is 9.95. The quantitative estimate of drug-likeness (QED) is 0.755. The summed E-state index contributed by atoms with van der Waals surface area (Å²) in [6.07, 6.45) is 1.55. The van der Waals surface area contributed by atoms with Crippen LogP contribution in [0.5, 0.6) is 0 Å². The van der Waals surface area contributed by atoms with Gasteiger partial charge in [0.25, 0.3) is 11.5 Å². The number of carbonyl (C=O) groups excluding carboxylic acids is 1. The second-order valence-corrected chi connectivity index (χ2v) is 3.72. The lowest BCUT2D eigenvalue weighted by atomic mass is 10.2. The molecule has 2 aromatic heterocycles. The van der Waals surface area contributed by atoms with Crippen molar-refractivity contribution in [1.29, 1.82) is 0 Å². The largest absolute Gasteiger partial charge is 0.370 e. The van der Waals surface area contributed by atoms with E-state index in [1.54, 1.807) is 18.3 Å². The highest BCUT2D eigenvalue weighted by Crippen LogP contribution is 2.08. The van der Waals surface area contributed by atoms with E-state index < -0.39 is 0 Å². The number of carbonyl (C=O) groups is 1. The third-order valence-corrected chi connectivity index (χ3v) is 2.30. The summed E-state index contributed by atoms with van der Waals surface area (Å²) in [6, 6.07) is 5.97. The van der Waals surface area contributed by atoms with Crippen molar-refractivity contribution in [1.82, 2.24) is 15.2 Å². The fraction of sp³-hybridized carbons (Fsp3) is 0.167. The van der Waals surface area contributed by atoms with Gasteiger partial charge in [-0.2, -0.15) is 5.10 Å². The summed E-state index contributed by atoms with van der Waals surface area (Å²) >= 11 is 0. The van der Waals surface area contributed by atoms with E-state index in [2.05, 4.69) is 25.8 Å². The number of rotatable bonds is 4. The molecule has 2 heterocycles. The topological polar surface area (TPSA) is 99.8 Å². The highest BCUT2D eigenvalue weighted by molar-refractivity contribution is 6.04. The zero-order valence-electron chi connectivity index (χ0n) is 10.3. The Morgan fingerprint density at radius 1 is 1.32 bits per heavy atom. The van der Waals surface area contributed by atoms with E-state index in [-0.39, 0.29) is 17.3 Å². The van der Waals surface area contributed by atoms with Gasteiger partial charge in [-0.15, -0.1) is 0 Å². The van der Waals surface area contributed by atoms with Crippen LogP contribution in [0.2, 0.25) is 0 Å². The lowest BCUT2D eigenvalue weighted by molar-refractivity contribution is 0.102. The molecule has 0 atom stereocenters. The number of aromatic amines is 1. The molecule has 7 nitrogen and oxygen atoms in total. The average molecular weight is 259 g/mol. The van der Waals surface area contributed by atoms with E-state index >= 15 is 0 Å². The van der Waals surface area contributed by atoms with Gasteiger partial charge in [0.1, 0.15) is 5.82 Å². The molecule has 0 aromatic carbocycles. The van der Waals surface area contributed by atoms with Crippen molar-refractivity contribution in [2.24, 2.45) is 0 Å². The lowest BCUT2D eigenvalue weighted by Crippen LogP contribution is -2.16. The SMILES string of the molecule is CCNc1cc(C(=O)Nc2ccc(=O)[nH]n2)ccn1. The smallest absolute Gasteiger partial charge is 0.264 e. The molecule has 3 N–H and O–H groups in total. The van der Waals surface area contributed by atoms with Gasteiger partial charge in [-0.3, -0.25) is 9.59 Å². The highest BCUT2D eigenvalue weighted by atomic mass is 16.2. The minimum Gasteiger partial charge on any atom is -0.370 e. The molecule has 0 spiro atoms. The van der Waals surface area contributed by atoms with Gasteiger partial charge in [-0.25, -0.2) is 10.1 Å². The first-order valence-corrected chi connectivity index (χ1v) is 5.76. The molecule has 0 bridgehead atoms. The molecule has 7 heteroatoms. The van der Waals surface area contributed by atoms with Crippen LogP contribution >= 0.6 is 0 Å². The van der Waals surface area contributed by atoms with Crippen molar-refractivity contribution in [2.45, 2.75) is 6.92 Å². The van der Waals surface area contributed by atoms with Gasteiger partial charge in [-0.1, -0.05) is 0 Å². The maximum absolute atomic E-state index is 12.0. The van der Waals surface area contributed by atoms with Crippen molar-refractivity contribution in [3.63, 3.8) is 0 Å². The Kier molecular flexibility index (Phi) is 3.87. The fourth-order valence-electron chi connectivity index (χ4n) is 1.45. The molecule has 0 aliphatic carbocycles. The zero-order valence-corrected chi connectivity index (χ0v) is 10.3. The van der Waals surface area contributed by atoms with E-state index in [9.17, 15) is 9.59 Å². The molecule has 0 unspecified atom stereocenters. The molecule has 2 aromatic rings. The van der Waals surface area contributed by atoms with Gasteiger partial charge >= 0.3 is 0 Å². The second kappa shape index (κ2) is 5.76. The lowest BCUT2D eigenvalue weighted by Gasteiger charge is -2.06. The third kappa shape index (κ3) is 3.38. The Labute approximate surface area is 109 Å². The third-order valence-electron chi connectivity index (χ3n) is 2.30. The fourth-order valence-corrected chi connectivity index (χ4v) is 1.45. The first-order valence-electron chi connectivity index (χ1n) is 5.76. The summed E-state index contributed by atoms with van der Waals surface area (Å²) in [4.78, 5) is 26.9. The summed E-state index contributed by atoms with van der Waals surface area (Å²) in [6.45, 7) is 2.66. The predicted octanol–water partition coefficient (Wildman–Crippen LogP) is 0.849. The Morgan fingerprint density at radius 2 is 2.16 bits per heavy atom. The average Bonchev–Trinajstić information content (AvgIpc) is 2.42. The zero-order chi connectivity index (χ0) is 13.7. The van der Waals surface area contributed by atoms with Crippen LogP contribution in [-0.2, 0) is 0 Å². The maximum Gasteiger partial charge on any atom is 0.264 e. The Hall–Kier alpha value is -2.70. The van der Waals surface area contributed by atoms with Gasteiger partial charge in [0, 0.05) is 24.4 Å². The van der Waals surface area contributed by atoms with E-state index in [4.69, 9.17) is 0 Å². The molecule has 0 aliphatic rings. The van der Waals surface area contributed by atoms with Crippen LogP contribution in [0.4, 0.5) is 11.6 Å². The highest BCUT2D eigenvalue weighted by Gasteiger charge is 2.07. The number of amides is 1. The van der Waals surface area contributed by atoms with Crippen LogP contribution in [0.3, 0.4) is 0 Å². The minimum atomic E-state index is -0.323. The first-order chi connectivity index (χ1) is 9.19. The maximum atomic E-state index is 12.0. The van der Waals surface area contributed by atoms with Crippen LogP contribution < -0.4 is 16.2 Å². The number of hydrogen-bond donors (Lipinski definition) is 3. The number of H-pyrrole nitrogens is 1. The molecule has 0 saturated carbocycles. The van der Waals surface area contributed by atoms with Crippen molar-refractivity contribution in [2.75, 3.05) is 17.2 Å². The van der Waals surface area contributed by atoms with Gasteiger partial charge in [0.2, 0.25) is 0 Å². The number of pyridine rings is 1. The van der Waals surface area contributed by atoms with E-state index in [0.717, 1.165) is 6.54 Å². The van der Waals surface area contributed by atoms with Crippen molar-refractivity contribution in [3.8, 4) is 0 Å². The molecule has 0 radical (unpaired) electrons. The van der Waals surface area contributed by atoms with Crippen LogP contribution in [-0.4, -0.2) is 27.6 Å². The molecule has 2 rings (SSSR count). The summed E-state index contributed by atoms with van der Waals surface area (Å²) < 4.78 is 0. The van der Waals surface area contributed by atoms with Gasteiger partial charge in [-0.05, 0) is 25.1 Å². The van der Waals surface area contributed by atoms with Crippen LogP contribution in [0.1, 0.15) is 17.3 Å². The van der Waals surface area contributed by atoms with Crippen molar-refractivity contribution >= 4 is 17.5 Å². The second-order valence-electron chi connectivity index (χ2n) is 3.72. The van der Waals surface area contributed by atoms with Crippen LogP contribution in [0.15, 0.2) is 35.3 Å².